The predicted octanol–water partition coefficient (Wildman–Crippen LogP) is 2.52. The molecule has 1 aliphatic rings. The maximum Gasteiger partial charge on any atom is 0.308 e. The first kappa shape index (κ1) is 15.7. The van der Waals surface area contributed by atoms with E-state index in [1.54, 1.807) is 0 Å². The summed E-state index contributed by atoms with van der Waals surface area (Å²) < 4.78 is 5.21. The van der Waals surface area contributed by atoms with Gasteiger partial charge in [-0.15, -0.1) is 6.58 Å². The first-order valence-electron chi connectivity index (χ1n) is 7.44. The van der Waals surface area contributed by atoms with Crippen LogP contribution in [-0.4, -0.2) is 37.0 Å². The molecule has 1 heterocycles. The van der Waals surface area contributed by atoms with Gasteiger partial charge < -0.3 is 10.1 Å². The molecule has 21 heavy (non-hydrogen) atoms. The predicted molar refractivity (Wildman–Crippen MR) is 84.4 cm³/mol. The maximum absolute atomic E-state index is 11.1. The number of nitrogens with one attached hydrogen (secondary N) is 1. The molecule has 0 spiro atoms. The molecule has 0 bridgehead atoms. The van der Waals surface area contributed by atoms with E-state index in [9.17, 15) is 4.79 Å². The normalized spacial score (nSPS) is 17.2. The van der Waals surface area contributed by atoms with E-state index in [0.717, 1.165) is 38.2 Å². The highest BCUT2D eigenvalue weighted by atomic mass is 16.5. The summed E-state index contributed by atoms with van der Waals surface area (Å²) in [7, 11) is 0. The molecule has 4 heteroatoms. The van der Waals surface area contributed by atoms with Crippen molar-refractivity contribution in [3.8, 4) is 5.75 Å². The Morgan fingerprint density at radius 2 is 2.10 bits per heavy atom. The van der Waals surface area contributed by atoms with Crippen molar-refractivity contribution in [1.29, 1.82) is 0 Å². The van der Waals surface area contributed by atoms with E-state index in [-0.39, 0.29) is 5.97 Å². The summed E-state index contributed by atoms with van der Waals surface area (Å²) in [6.07, 6.45) is 0.920. The third kappa shape index (κ3) is 4.69. The minimum Gasteiger partial charge on any atom is -0.427 e. The Balaban J connectivity index is 2.22. The van der Waals surface area contributed by atoms with Crippen LogP contribution in [0.3, 0.4) is 0 Å². The standard InChI is InChI=1S/C17H24N2O2/c1-13(2)11-17(19-9-7-18-8-10-19)15-5-4-6-16(12-15)21-14(3)20/h4-6,12,17-18H,1,7-11H2,2-3H3/t17-/m1/s1. The Morgan fingerprint density at radius 1 is 1.38 bits per heavy atom. The Morgan fingerprint density at radius 3 is 2.71 bits per heavy atom. The highest BCUT2D eigenvalue weighted by Gasteiger charge is 2.22. The summed E-state index contributed by atoms with van der Waals surface area (Å²) >= 11 is 0. The number of piperazine rings is 1. The number of rotatable bonds is 5. The van der Waals surface area contributed by atoms with Gasteiger partial charge in [-0.1, -0.05) is 17.7 Å². The molecule has 0 radical (unpaired) electrons. The maximum atomic E-state index is 11.1. The summed E-state index contributed by atoms with van der Waals surface area (Å²) in [5.74, 6) is 0.327. The van der Waals surface area contributed by atoms with Crippen molar-refractivity contribution in [1.82, 2.24) is 10.2 Å². The summed E-state index contributed by atoms with van der Waals surface area (Å²) in [6.45, 7) is 11.6. The Bertz CT molecular complexity index is 507. The summed E-state index contributed by atoms with van der Waals surface area (Å²) in [5, 5.41) is 3.38. The first-order valence-corrected chi connectivity index (χ1v) is 7.44. The SMILES string of the molecule is C=C(C)C[C@H](c1cccc(OC(C)=O)c1)N1CCNCC1. The number of hydrogen-bond donors (Lipinski definition) is 1. The molecule has 1 N–H and O–H groups in total. The van der Waals surface area contributed by atoms with Crippen molar-refractivity contribution in [2.45, 2.75) is 26.3 Å². The molecule has 1 aromatic carbocycles. The first-order chi connectivity index (χ1) is 10.1. The zero-order chi connectivity index (χ0) is 15.2. The van der Waals surface area contributed by atoms with Crippen molar-refractivity contribution >= 4 is 5.97 Å². The van der Waals surface area contributed by atoms with Crippen LogP contribution in [0.25, 0.3) is 0 Å². The van der Waals surface area contributed by atoms with Gasteiger partial charge in [0.15, 0.2) is 0 Å². The van der Waals surface area contributed by atoms with Crippen molar-refractivity contribution in [3.63, 3.8) is 0 Å². The number of nitrogens with zero attached hydrogens (tertiary/aromatic N) is 1. The summed E-state index contributed by atoms with van der Waals surface area (Å²) in [6, 6.07) is 8.13. The van der Waals surface area contributed by atoms with Crippen molar-refractivity contribution < 1.29 is 9.53 Å². The van der Waals surface area contributed by atoms with Gasteiger partial charge in [0.1, 0.15) is 5.75 Å². The number of hydrogen-bond acceptors (Lipinski definition) is 4. The second-order valence-corrected chi connectivity index (χ2v) is 5.63. The molecular weight excluding hydrogens is 264 g/mol. The number of ether oxygens (including phenoxy) is 1. The van der Waals surface area contributed by atoms with Crippen LogP contribution in [0.1, 0.15) is 31.9 Å². The number of benzene rings is 1. The molecule has 1 aliphatic heterocycles. The van der Waals surface area contributed by atoms with Crippen molar-refractivity contribution in [2.75, 3.05) is 26.2 Å². The van der Waals surface area contributed by atoms with Gasteiger partial charge in [0, 0.05) is 39.1 Å². The largest absolute Gasteiger partial charge is 0.427 e. The molecule has 1 saturated heterocycles. The number of carbonyl (C=O) groups is 1. The molecule has 0 amide bonds. The fourth-order valence-electron chi connectivity index (χ4n) is 2.73. The molecule has 1 aromatic rings. The second-order valence-electron chi connectivity index (χ2n) is 5.63. The van der Waals surface area contributed by atoms with Gasteiger partial charge in [-0.2, -0.15) is 0 Å². The van der Waals surface area contributed by atoms with Gasteiger partial charge in [-0.3, -0.25) is 9.69 Å². The van der Waals surface area contributed by atoms with Crippen LogP contribution in [0.5, 0.6) is 5.75 Å². The average Bonchev–Trinajstić information content (AvgIpc) is 2.45. The van der Waals surface area contributed by atoms with E-state index in [2.05, 4.69) is 29.8 Å². The zero-order valence-corrected chi connectivity index (χ0v) is 12.9. The summed E-state index contributed by atoms with van der Waals surface area (Å²) in [5.41, 5.74) is 2.34. The van der Waals surface area contributed by atoms with Crippen molar-refractivity contribution in [3.05, 3.63) is 42.0 Å². The number of esters is 1. The highest BCUT2D eigenvalue weighted by Crippen LogP contribution is 2.29. The summed E-state index contributed by atoms with van der Waals surface area (Å²) in [4.78, 5) is 13.6. The van der Waals surface area contributed by atoms with Gasteiger partial charge in [-0.25, -0.2) is 0 Å². The van der Waals surface area contributed by atoms with Crippen LogP contribution in [-0.2, 0) is 4.79 Å². The van der Waals surface area contributed by atoms with E-state index in [4.69, 9.17) is 4.74 Å². The third-order valence-corrected chi connectivity index (χ3v) is 3.64. The molecule has 0 aromatic heterocycles. The molecule has 0 aliphatic carbocycles. The zero-order valence-electron chi connectivity index (χ0n) is 12.9. The fourth-order valence-corrected chi connectivity index (χ4v) is 2.73. The molecule has 0 unspecified atom stereocenters. The minimum absolute atomic E-state index is 0.286. The van der Waals surface area contributed by atoms with Gasteiger partial charge in [0.2, 0.25) is 0 Å². The molecule has 1 fully saturated rings. The molecule has 114 valence electrons. The Labute approximate surface area is 126 Å². The van der Waals surface area contributed by atoms with Crippen LogP contribution >= 0.6 is 0 Å². The monoisotopic (exact) mass is 288 g/mol. The average molecular weight is 288 g/mol. The van der Waals surface area contributed by atoms with Crippen LogP contribution in [0.15, 0.2) is 36.4 Å². The highest BCUT2D eigenvalue weighted by molar-refractivity contribution is 5.69. The third-order valence-electron chi connectivity index (χ3n) is 3.64. The van der Waals surface area contributed by atoms with E-state index < -0.39 is 0 Å². The minimum atomic E-state index is -0.286. The van der Waals surface area contributed by atoms with Gasteiger partial charge in [0.25, 0.3) is 0 Å². The van der Waals surface area contributed by atoms with E-state index >= 15 is 0 Å². The van der Waals surface area contributed by atoms with E-state index in [1.807, 2.05) is 18.2 Å². The van der Waals surface area contributed by atoms with Crippen LogP contribution in [0.2, 0.25) is 0 Å². The fraction of sp³-hybridized carbons (Fsp3) is 0.471. The lowest BCUT2D eigenvalue weighted by molar-refractivity contribution is -0.131. The second kappa shape index (κ2) is 7.38. The Kier molecular flexibility index (Phi) is 5.53. The van der Waals surface area contributed by atoms with Gasteiger partial charge >= 0.3 is 5.97 Å². The van der Waals surface area contributed by atoms with E-state index in [1.165, 1.54) is 12.5 Å². The lowest BCUT2D eigenvalue weighted by Crippen LogP contribution is -2.45. The molecule has 1 atom stereocenters. The lowest BCUT2D eigenvalue weighted by Gasteiger charge is -2.35. The van der Waals surface area contributed by atoms with Crippen LogP contribution in [0, 0.1) is 0 Å². The number of carbonyl (C=O) groups excluding carboxylic acids is 1. The van der Waals surface area contributed by atoms with Gasteiger partial charge in [-0.05, 0) is 31.0 Å². The van der Waals surface area contributed by atoms with Crippen molar-refractivity contribution in [2.24, 2.45) is 0 Å². The Hall–Kier alpha value is -1.65. The molecular formula is C17H24N2O2. The topological polar surface area (TPSA) is 41.6 Å². The van der Waals surface area contributed by atoms with Crippen LogP contribution < -0.4 is 10.1 Å². The smallest absolute Gasteiger partial charge is 0.308 e. The quantitative estimate of drug-likeness (QED) is 0.513. The molecule has 4 nitrogen and oxygen atoms in total. The lowest BCUT2D eigenvalue weighted by atomic mass is 9.98. The van der Waals surface area contributed by atoms with Crippen LogP contribution in [0.4, 0.5) is 0 Å². The molecule has 0 saturated carbocycles. The van der Waals surface area contributed by atoms with E-state index in [0.29, 0.717) is 11.8 Å². The molecule has 2 rings (SSSR count). The van der Waals surface area contributed by atoms with Gasteiger partial charge in [0.05, 0.1) is 0 Å².